The van der Waals surface area contributed by atoms with E-state index in [-0.39, 0.29) is 43.5 Å². The number of carbonyl (C=O) groups is 2. The van der Waals surface area contributed by atoms with Crippen molar-refractivity contribution < 1.29 is 19.8 Å². The molecule has 1 fully saturated rings. The van der Waals surface area contributed by atoms with Gasteiger partial charge in [0.1, 0.15) is 0 Å². The molecule has 0 spiro atoms. The number of hydrogen-bond acceptors (Lipinski definition) is 8. The molecule has 13 heteroatoms. The fourth-order valence-electron chi connectivity index (χ4n) is 4.24. The van der Waals surface area contributed by atoms with E-state index in [1.807, 2.05) is 0 Å². The predicted molar refractivity (Wildman–Crippen MR) is 113 cm³/mol. The summed E-state index contributed by atoms with van der Waals surface area (Å²) in [6, 6.07) is -1.89. The summed E-state index contributed by atoms with van der Waals surface area (Å²) in [7, 11) is 2.81. The molecule has 1 aliphatic rings. The number of primary amides is 1. The molecule has 1 saturated heterocycles. The van der Waals surface area contributed by atoms with Gasteiger partial charge in [0.05, 0.1) is 30.1 Å². The number of hydrogen-bond donors (Lipinski definition) is 4. The summed E-state index contributed by atoms with van der Waals surface area (Å²) in [5.41, 5.74) is 8.62. The lowest BCUT2D eigenvalue weighted by Gasteiger charge is -2.34. The Balaban J connectivity index is 2.06. The van der Waals surface area contributed by atoms with Gasteiger partial charge in [-0.3, -0.25) is 23.5 Å². The third-order valence-electron chi connectivity index (χ3n) is 6.03. The zero-order valence-electron chi connectivity index (χ0n) is 18.3. The Morgan fingerprint density at radius 1 is 1.28 bits per heavy atom. The molecule has 3 heterocycles. The van der Waals surface area contributed by atoms with Crippen molar-refractivity contribution in [3.63, 3.8) is 0 Å². The van der Waals surface area contributed by atoms with Crippen LogP contribution >= 0.6 is 0 Å². The number of aromatic nitrogens is 4. The third kappa shape index (κ3) is 4.18. The number of imidazole rings is 1. The van der Waals surface area contributed by atoms with E-state index in [1.165, 1.54) is 41.4 Å². The SMILES string of the molecule is Cn1c(=O)c2c(ncn2[C@@H]2CN(C(=O)[C@@H](N)CCC(N)=O)C[C@@H](O)C[C@@]2(C)O)n(C)c1=O. The number of nitrogens with zero attached hydrogens (tertiary/aromatic N) is 5. The number of aliphatic hydroxyl groups excluding tert-OH is 1. The van der Waals surface area contributed by atoms with Crippen molar-refractivity contribution in [2.75, 3.05) is 13.1 Å². The van der Waals surface area contributed by atoms with E-state index in [1.54, 1.807) is 0 Å². The van der Waals surface area contributed by atoms with Crippen LogP contribution in [0.25, 0.3) is 11.2 Å². The first-order chi connectivity index (χ1) is 14.8. The second-order valence-corrected chi connectivity index (χ2v) is 8.62. The molecule has 0 radical (unpaired) electrons. The molecule has 2 aromatic rings. The van der Waals surface area contributed by atoms with Crippen LogP contribution in [0.15, 0.2) is 15.9 Å². The van der Waals surface area contributed by atoms with Crippen LogP contribution in [0.1, 0.15) is 32.2 Å². The molecule has 2 amide bonds. The Bertz CT molecular complexity index is 1160. The topological polar surface area (TPSA) is 192 Å². The van der Waals surface area contributed by atoms with Crippen molar-refractivity contribution in [2.45, 2.75) is 50.0 Å². The molecular weight excluding hydrogens is 422 g/mol. The maximum absolute atomic E-state index is 12.9. The van der Waals surface area contributed by atoms with Crippen LogP contribution < -0.4 is 22.7 Å². The highest BCUT2D eigenvalue weighted by molar-refractivity contribution is 5.83. The molecule has 0 unspecified atom stereocenters. The van der Waals surface area contributed by atoms with Crippen LogP contribution in [-0.4, -0.2) is 76.4 Å². The highest BCUT2D eigenvalue weighted by Crippen LogP contribution is 2.33. The molecule has 4 atom stereocenters. The van der Waals surface area contributed by atoms with Gasteiger partial charge in [0, 0.05) is 40.0 Å². The lowest BCUT2D eigenvalue weighted by Crippen LogP contribution is -2.48. The molecule has 13 nitrogen and oxygen atoms in total. The first-order valence-electron chi connectivity index (χ1n) is 10.2. The smallest absolute Gasteiger partial charge is 0.332 e. The van der Waals surface area contributed by atoms with Crippen molar-refractivity contribution >= 4 is 23.0 Å². The van der Waals surface area contributed by atoms with Crippen molar-refractivity contribution in [1.82, 2.24) is 23.6 Å². The first kappa shape index (κ1) is 23.6. The van der Waals surface area contributed by atoms with Crippen molar-refractivity contribution in [2.24, 2.45) is 25.6 Å². The van der Waals surface area contributed by atoms with Crippen LogP contribution in [0, 0.1) is 0 Å². The predicted octanol–water partition coefficient (Wildman–Crippen LogP) is -3.09. The maximum Gasteiger partial charge on any atom is 0.332 e. The quantitative estimate of drug-likeness (QED) is 0.367. The number of β-amino-alcohol motifs (C(OH)–C–C–N with tert-alkyl or cyclic N) is 1. The van der Waals surface area contributed by atoms with Gasteiger partial charge in [-0.1, -0.05) is 0 Å². The molecule has 2 aromatic heterocycles. The Morgan fingerprint density at radius 3 is 2.56 bits per heavy atom. The summed E-state index contributed by atoms with van der Waals surface area (Å²) in [5.74, 6) is -1.10. The van der Waals surface area contributed by atoms with Gasteiger partial charge in [0.25, 0.3) is 5.56 Å². The number of amides is 2. The minimum atomic E-state index is -1.53. The van der Waals surface area contributed by atoms with E-state index in [4.69, 9.17) is 11.5 Å². The minimum absolute atomic E-state index is 0.0402. The number of aliphatic hydroxyl groups is 2. The van der Waals surface area contributed by atoms with Gasteiger partial charge in [-0.05, 0) is 13.3 Å². The van der Waals surface area contributed by atoms with E-state index in [0.717, 1.165) is 4.57 Å². The molecule has 1 aliphatic heterocycles. The molecule has 3 rings (SSSR count). The third-order valence-corrected chi connectivity index (χ3v) is 6.03. The zero-order chi connectivity index (χ0) is 24.0. The molecular formula is C19H29N7O6. The van der Waals surface area contributed by atoms with E-state index in [2.05, 4.69) is 4.98 Å². The zero-order valence-corrected chi connectivity index (χ0v) is 18.3. The van der Waals surface area contributed by atoms with Gasteiger partial charge in [0.2, 0.25) is 11.8 Å². The Morgan fingerprint density at radius 2 is 1.94 bits per heavy atom. The summed E-state index contributed by atoms with van der Waals surface area (Å²) >= 11 is 0. The number of likely N-dealkylation sites (tertiary alicyclic amines) is 1. The van der Waals surface area contributed by atoms with Gasteiger partial charge in [-0.15, -0.1) is 0 Å². The standard InChI is InChI=1S/C19H29N7O6/c1-19(32)6-10(27)7-25(16(29)11(20)4-5-13(21)28)8-12(19)26-9-22-15-14(26)17(30)24(3)18(31)23(15)2/h9-12,27,32H,4-8,20H2,1-3H3,(H2,21,28)/t10-,11-,12+,19+/m0/s1. The summed E-state index contributed by atoms with van der Waals surface area (Å²) in [6.45, 7) is 1.34. The molecule has 0 saturated carbocycles. The maximum atomic E-state index is 12.9. The lowest BCUT2D eigenvalue weighted by atomic mass is 9.91. The fourth-order valence-corrected chi connectivity index (χ4v) is 4.24. The summed E-state index contributed by atoms with van der Waals surface area (Å²) in [5, 5.41) is 21.6. The average Bonchev–Trinajstić information content (AvgIpc) is 3.10. The monoisotopic (exact) mass is 451 g/mol. The van der Waals surface area contributed by atoms with Crippen LogP contribution in [0.5, 0.6) is 0 Å². The van der Waals surface area contributed by atoms with Crippen LogP contribution in [0.4, 0.5) is 0 Å². The van der Waals surface area contributed by atoms with Crippen LogP contribution in [-0.2, 0) is 23.7 Å². The summed E-state index contributed by atoms with van der Waals surface area (Å²) in [4.78, 5) is 54.6. The highest BCUT2D eigenvalue weighted by Gasteiger charge is 2.42. The normalized spacial score (nSPS) is 25.0. The van der Waals surface area contributed by atoms with Gasteiger partial charge in [0.15, 0.2) is 11.2 Å². The number of carbonyl (C=O) groups excluding carboxylic acids is 2. The van der Waals surface area contributed by atoms with Gasteiger partial charge >= 0.3 is 5.69 Å². The van der Waals surface area contributed by atoms with Crippen LogP contribution in [0.3, 0.4) is 0 Å². The number of fused-ring (bicyclic) bond motifs is 1. The lowest BCUT2D eigenvalue weighted by molar-refractivity contribution is -0.134. The highest BCUT2D eigenvalue weighted by atomic mass is 16.3. The molecule has 0 aliphatic carbocycles. The minimum Gasteiger partial charge on any atom is -0.391 e. The van der Waals surface area contributed by atoms with E-state index < -0.39 is 46.9 Å². The average molecular weight is 451 g/mol. The second kappa shape index (κ2) is 8.48. The molecule has 32 heavy (non-hydrogen) atoms. The Hall–Kier alpha value is -3.03. The number of aryl methyl sites for hydroxylation is 1. The molecule has 0 bridgehead atoms. The van der Waals surface area contributed by atoms with Gasteiger partial charge in [-0.2, -0.15) is 0 Å². The Labute approximate surface area is 182 Å². The van der Waals surface area contributed by atoms with Crippen LogP contribution in [0.2, 0.25) is 0 Å². The first-order valence-corrected chi connectivity index (χ1v) is 10.2. The number of nitrogens with two attached hydrogens (primary N) is 2. The Kier molecular flexibility index (Phi) is 6.26. The molecule has 0 aromatic carbocycles. The van der Waals surface area contributed by atoms with Gasteiger partial charge in [-0.25, -0.2) is 9.78 Å². The number of rotatable bonds is 5. The van der Waals surface area contributed by atoms with E-state index >= 15 is 0 Å². The second-order valence-electron chi connectivity index (χ2n) is 8.62. The van der Waals surface area contributed by atoms with Gasteiger partial charge < -0.3 is 31.1 Å². The summed E-state index contributed by atoms with van der Waals surface area (Å²) < 4.78 is 3.59. The van der Waals surface area contributed by atoms with Crippen molar-refractivity contribution in [3.05, 3.63) is 27.2 Å². The van der Waals surface area contributed by atoms with Crippen molar-refractivity contribution in [3.8, 4) is 0 Å². The molecule has 6 N–H and O–H groups in total. The van der Waals surface area contributed by atoms with Crippen molar-refractivity contribution in [1.29, 1.82) is 0 Å². The van der Waals surface area contributed by atoms with E-state index in [9.17, 15) is 29.4 Å². The largest absolute Gasteiger partial charge is 0.391 e. The molecule has 176 valence electrons. The summed E-state index contributed by atoms with van der Waals surface area (Å²) in [6.07, 6.45) is 0.172. The fraction of sp³-hybridized carbons (Fsp3) is 0.632. The van der Waals surface area contributed by atoms with E-state index in [0.29, 0.717) is 0 Å².